The van der Waals surface area contributed by atoms with Gasteiger partial charge in [0.15, 0.2) is 0 Å². The highest BCUT2D eigenvalue weighted by molar-refractivity contribution is 6.39. The quantitative estimate of drug-likeness (QED) is 0.249. The molecule has 1 aliphatic heterocycles. The van der Waals surface area contributed by atoms with Gasteiger partial charge in [0.05, 0.1) is 12.3 Å². The molecule has 184 valence electrons. The maximum absolute atomic E-state index is 13.5. The Morgan fingerprint density at radius 1 is 0.865 bits per heavy atom. The van der Waals surface area contributed by atoms with Crippen molar-refractivity contribution in [3.05, 3.63) is 112 Å². The number of carbonyl (C=O) groups is 3. The maximum atomic E-state index is 13.5. The van der Waals surface area contributed by atoms with Gasteiger partial charge < -0.3 is 4.74 Å². The van der Waals surface area contributed by atoms with E-state index >= 15 is 0 Å². The van der Waals surface area contributed by atoms with E-state index in [0.29, 0.717) is 29.5 Å². The Labute approximate surface area is 219 Å². The zero-order valence-corrected chi connectivity index (χ0v) is 20.8. The van der Waals surface area contributed by atoms with Crippen molar-refractivity contribution in [1.82, 2.24) is 5.32 Å². The fraction of sp³-hybridized carbons (Fsp3) is 0.100. The van der Waals surface area contributed by atoms with Gasteiger partial charge in [0.2, 0.25) is 0 Å². The van der Waals surface area contributed by atoms with Crippen molar-refractivity contribution >= 4 is 52.0 Å². The van der Waals surface area contributed by atoms with Gasteiger partial charge >= 0.3 is 6.03 Å². The first-order chi connectivity index (χ1) is 18.0. The van der Waals surface area contributed by atoms with Crippen LogP contribution in [0.1, 0.15) is 23.6 Å². The normalized spacial score (nSPS) is 14.8. The summed E-state index contributed by atoms with van der Waals surface area (Å²) < 4.78 is 5.45. The standard InChI is InChI=1S/C30H23ClN2O4/c1-2-37-23-15-13-22(14-16-23)33-29(35)26(28(34)32-30(33)36)18-25-20(17-21-8-4-6-10-27(21)31)12-11-19-7-3-5-9-24(19)25/h3-16,18H,2,17H2,1H3,(H,32,34,36)/b26-18+. The number of barbiturate groups is 1. The number of ether oxygens (including phenoxy) is 1. The fourth-order valence-corrected chi connectivity index (χ4v) is 4.61. The molecule has 1 fully saturated rings. The van der Waals surface area contributed by atoms with E-state index < -0.39 is 17.8 Å². The number of urea groups is 1. The van der Waals surface area contributed by atoms with Crippen LogP contribution in [0.2, 0.25) is 5.02 Å². The molecule has 37 heavy (non-hydrogen) atoms. The highest BCUT2D eigenvalue weighted by Crippen LogP contribution is 2.30. The maximum Gasteiger partial charge on any atom is 0.335 e. The average molecular weight is 511 g/mol. The summed E-state index contributed by atoms with van der Waals surface area (Å²) in [6, 6.07) is 25.0. The molecule has 1 saturated heterocycles. The van der Waals surface area contributed by atoms with E-state index in [-0.39, 0.29) is 5.57 Å². The zero-order chi connectivity index (χ0) is 25.9. The molecule has 0 saturated carbocycles. The highest BCUT2D eigenvalue weighted by Gasteiger charge is 2.37. The van der Waals surface area contributed by atoms with E-state index in [4.69, 9.17) is 16.3 Å². The van der Waals surface area contributed by atoms with Crippen molar-refractivity contribution in [2.75, 3.05) is 11.5 Å². The van der Waals surface area contributed by atoms with Crippen LogP contribution in [-0.4, -0.2) is 24.5 Å². The molecular formula is C30H23ClN2O4. The van der Waals surface area contributed by atoms with Crippen molar-refractivity contribution in [3.8, 4) is 5.75 Å². The number of halogens is 1. The van der Waals surface area contributed by atoms with Crippen LogP contribution in [0.4, 0.5) is 10.5 Å². The molecule has 0 bridgehead atoms. The van der Waals surface area contributed by atoms with E-state index in [1.165, 1.54) is 0 Å². The second-order valence-corrected chi connectivity index (χ2v) is 8.92. The Morgan fingerprint density at radius 3 is 2.35 bits per heavy atom. The van der Waals surface area contributed by atoms with Gasteiger partial charge in [-0.3, -0.25) is 14.9 Å². The summed E-state index contributed by atoms with van der Waals surface area (Å²) in [6.07, 6.45) is 2.07. The smallest absolute Gasteiger partial charge is 0.335 e. The van der Waals surface area contributed by atoms with E-state index in [9.17, 15) is 14.4 Å². The minimum atomic E-state index is -0.800. The van der Waals surface area contributed by atoms with Gasteiger partial charge in [-0.2, -0.15) is 0 Å². The fourth-order valence-electron chi connectivity index (χ4n) is 4.41. The second kappa shape index (κ2) is 10.3. The lowest BCUT2D eigenvalue weighted by Crippen LogP contribution is -2.54. The third-order valence-electron chi connectivity index (χ3n) is 6.20. The van der Waals surface area contributed by atoms with Gasteiger partial charge in [0.1, 0.15) is 11.3 Å². The topological polar surface area (TPSA) is 75.7 Å². The summed E-state index contributed by atoms with van der Waals surface area (Å²) in [4.78, 5) is 40.1. The lowest BCUT2D eigenvalue weighted by atomic mass is 9.92. The minimum Gasteiger partial charge on any atom is -0.494 e. The van der Waals surface area contributed by atoms with Gasteiger partial charge in [-0.15, -0.1) is 0 Å². The molecule has 1 N–H and O–H groups in total. The monoisotopic (exact) mass is 510 g/mol. The summed E-state index contributed by atoms with van der Waals surface area (Å²) in [5, 5.41) is 4.77. The van der Waals surface area contributed by atoms with Crippen molar-refractivity contribution < 1.29 is 19.1 Å². The number of rotatable bonds is 6. The van der Waals surface area contributed by atoms with Gasteiger partial charge in [0.25, 0.3) is 11.8 Å². The van der Waals surface area contributed by atoms with E-state index in [1.807, 2.05) is 67.6 Å². The van der Waals surface area contributed by atoms with Crippen molar-refractivity contribution in [2.45, 2.75) is 13.3 Å². The van der Waals surface area contributed by atoms with Gasteiger partial charge in [0, 0.05) is 5.02 Å². The Morgan fingerprint density at radius 2 is 1.59 bits per heavy atom. The average Bonchev–Trinajstić information content (AvgIpc) is 2.89. The Kier molecular flexibility index (Phi) is 6.75. The van der Waals surface area contributed by atoms with Crippen LogP contribution in [0, 0.1) is 0 Å². The van der Waals surface area contributed by atoms with Crippen LogP contribution < -0.4 is 15.0 Å². The molecule has 1 aliphatic rings. The number of amides is 4. The molecule has 0 aliphatic carbocycles. The van der Waals surface area contributed by atoms with Crippen LogP contribution in [-0.2, 0) is 16.0 Å². The molecule has 0 aromatic heterocycles. The van der Waals surface area contributed by atoms with Crippen molar-refractivity contribution in [2.24, 2.45) is 0 Å². The van der Waals surface area contributed by atoms with Crippen LogP contribution in [0.15, 0.2) is 90.5 Å². The van der Waals surface area contributed by atoms with Gasteiger partial charge in [-0.05, 0) is 77.2 Å². The molecule has 4 amide bonds. The number of nitrogens with zero attached hydrogens (tertiary/aromatic N) is 1. The first-order valence-electron chi connectivity index (χ1n) is 11.8. The largest absolute Gasteiger partial charge is 0.494 e. The van der Waals surface area contributed by atoms with E-state index in [0.717, 1.165) is 32.4 Å². The number of carbonyl (C=O) groups excluding carboxylic acids is 3. The third kappa shape index (κ3) is 4.84. The molecular weight excluding hydrogens is 488 g/mol. The molecule has 6 nitrogen and oxygen atoms in total. The number of hydrogen-bond acceptors (Lipinski definition) is 4. The summed E-state index contributed by atoms with van der Waals surface area (Å²) in [7, 11) is 0. The van der Waals surface area contributed by atoms with E-state index in [2.05, 4.69) is 5.32 Å². The lowest BCUT2D eigenvalue weighted by molar-refractivity contribution is -0.122. The van der Waals surface area contributed by atoms with Crippen LogP contribution in [0.3, 0.4) is 0 Å². The second-order valence-electron chi connectivity index (χ2n) is 8.51. The van der Waals surface area contributed by atoms with Crippen molar-refractivity contribution in [3.63, 3.8) is 0 Å². The first kappa shape index (κ1) is 24.3. The molecule has 1 heterocycles. The lowest BCUT2D eigenvalue weighted by Gasteiger charge is -2.26. The number of anilines is 1. The Hall–Kier alpha value is -4.42. The summed E-state index contributed by atoms with van der Waals surface area (Å²) >= 11 is 6.43. The molecule has 0 radical (unpaired) electrons. The van der Waals surface area contributed by atoms with E-state index in [1.54, 1.807) is 30.3 Å². The predicted octanol–water partition coefficient (Wildman–Crippen LogP) is 6.15. The third-order valence-corrected chi connectivity index (χ3v) is 6.56. The van der Waals surface area contributed by atoms with Gasteiger partial charge in [-0.25, -0.2) is 9.69 Å². The number of imide groups is 2. The molecule has 0 spiro atoms. The minimum absolute atomic E-state index is 0.134. The number of nitrogens with one attached hydrogen (secondary N) is 1. The van der Waals surface area contributed by atoms with Crippen LogP contribution in [0.25, 0.3) is 16.8 Å². The molecule has 4 aromatic carbocycles. The predicted molar refractivity (Wildman–Crippen MR) is 145 cm³/mol. The molecule has 7 heteroatoms. The summed E-state index contributed by atoms with van der Waals surface area (Å²) in [5.41, 5.74) is 2.73. The Bertz CT molecular complexity index is 1560. The van der Waals surface area contributed by atoms with Gasteiger partial charge in [-0.1, -0.05) is 66.2 Å². The SMILES string of the molecule is CCOc1ccc(N2C(=O)NC(=O)/C(=C\c3c(Cc4ccccc4Cl)ccc4ccccc34)C2=O)cc1. The molecule has 5 rings (SSSR count). The summed E-state index contributed by atoms with van der Waals surface area (Å²) in [5.74, 6) is -0.828. The molecule has 4 aromatic rings. The number of benzene rings is 4. The number of fused-ring (bicyclic) bond motifs is 1. The highest BCUT2D eigenvalue weighted by atomic mass is 35.5. The first-order valence-corrected chi connectivity index (χ1v) is 12.2. The zero-order valence-electron chi connectivity index (χ0n) is 20.0. The molecule has 0 unspecified atom stereocenters. The Balaban J connectivity index is 1.60. The van der Waals surface area contributed by atoms with Crippen LogP contribution in [0.5, 0.6) is 5.75 Å². The number of hydrogen-bond donors (Lipinski definition) is 1. The van der Waals surface area contributed by atoms with Crippen molar-refractivity contribution in [1.29, 1.82) is 0 Å². The molecule has 0 atom stereocenters. The van der Waals surface area contributed by atoms with Crippen LogP contribution >= 0.6 is 11.6 Å². The summed E-state index contributed by atoms with van der Waals surface area (Å²) in [6.45, 7) is 2.36.